The molecule has 1 saturated carbocycles. The SMILES string of the molecule is NCCCCN(C[C@@H]1NC[C@@H]2CC[C@H]1N2CC[C@@H](CC(=O)C1CCC(F)(F)CC1)c1ccccc1)C1CCCc2cccnc21. The van der Waals surface area contributed by atoms with Crippen molar-refractivity contribution >= 4 is 5.78 Å². The minimum atomic E-state index is -2.61. The second-order valence-electron chi connectivity index (χ2n) is 14.2. The Hall–Kier alpha value is -2.26. The van der Waals surface area contributed by atoms with Crippen LogP contribution in [0.2, 0.25) is 0 Å². The fourth-order valence-electron chi connectivity index (χ4n) is 8.79. The highest BCUT2D eigenvalue weighted by molar-refractivity contribution is 5.82. The van der Waals surface area contributed by atoms with Gasteiger partial charge in [0.15, 0.2) is 0 Å². The van der Waals surface area contributed by atoms with Gasteiger partial charge in [0.05, 0.1) is 11.7 Å². The van der Waals surface area contributed by atoms with Crippen molar-refractivity contribution in [3.8, 4) is 0 Å². The zero-order valence-electron chi connectivity index (χ0n) is 26.9. The zero-order valence-corrected chi connectivity index (χ0v) is 26.9. The third kappa shape index (κ3) is 8.01. The summed E-state index contributed by atoms with van der Waals surface area (Å²) in [4.78, 5) is 23.7. The van der Waals surface area contributed by atoms with Gasteiger partial charge in [-0.1, -0.05) is 36.4 Å². The number of nitrogens with one attached hydrogen (secondary N) is 1. The average Bonchev–Trinajstić information content (AvgIpc) is 3.35. The van der Waals surface area contributed by atoms with Crippen LogP contribution in [0.25, 0.3) is 0 Å². The number of hydrogen-bond donors (Lipinski definition) is 2. The van der Waals surface area contributed by atoms with Crippen LogP contribution in [0.15, 0.2) is 48.7 Å². The van der Waals surface area contributed by atoms with E-state index in [2.05, 4.69) is 51.5 Å². The van der Waals surface area contributed by atoms with Crippen molar-refractivity contribution in [1.29, 1.82) is 0 Å². The van der Waals surface area contributed by atoms with E-state index in [-0.39, 0.29) is 30.5 Å². The van der Waals surface area contributed by atoms with Gasteiger partial charge in [0.2, 0.25) is 5.92 Å². The van der Waals surface area contributed by atoms with Gasteiger partial charge in [-0.25, -0.2) is 8.78 Å². The number of carbonyl (C=O) groups excluding carboxylic acids is 1. The molecule has 2 aliphatic heterocycles. The van der Waals surface area contributed by atoms with E-state index in [4.69, 9.17) is 10.7 Å². The van der Waals surface area contributed by atoms with Gasteiger partial charge >= 0.3 is 0 Å². The molecule has 6 rings (SSSR count). The molecule has 8 heteroatoms. The molecule has 1 unspecified atom stereocenters. The van der Waals surface area contributed by atoms with Crippen LogP contribution in [0.5, 0.6) is 0 Å². The van der Waals surface area contributed by atoms with E-state index < -0.39 is 5.92 Å². The summed E-state index contributed by atoms with van der Waals surface area (Å²) in [6, 6.07) is 16.5. The smallest absolute Gasteiger partial charge is 0.248 e. The molecule has 2 aliphatic carbocycles. The number of pyridine rings is 1. The molecule has 2 bridgehead atoms. The van der Waals surface area contributed by atoms with E-state index in [1.165, 1.54) is 36.1 Å². The number of rotatable bonds is 14. The molecule has 3 heterocycles. The lowest BCUT2D eigenvalue weighted by atomic mass is 9.79. The number of unbranched alkanes of at least 4 members (excludes halogenated alkanes) is 1. The van der Waals surface area contributed by atoms with Crippen molar-refractivity contribution < 1.29 is 13.6 Å². The lowest BCUT2D eigenvalue weighted by molar-refractivity contribution is -0.127. The molecule has 3 fully saturated rings. The summed E-state index contributed by atoms with van der Waals surface area (Å²) < 4.78 is 27.6. The normalized spacial score (nSPS) is 27.4. The van der Waals surface area contributed by atoms with E-state index in [9.17, 15) is 13.6 Å². The van der Waals surface area contributed by atoms with Gasteiger partial charge in [0.1, 0.15) is 5.78 Å². The number of piperazine rings is 1. The number of nitrogens with zero attached hydrogens (tertiary/aromatic N) is 3. The summed E-state index contributed by atoms with van der Waals surface area (Å²) in [5, 5.41) is 3.95. The quantitative estimate of drug-likeness (QED) is 0.243. The van der Waals surface area contributed by atoms with Gasteiger partial charge in [-0.15, -0.1) is 0 Å². The number of fused-ring (bicyclic) bond motifs is 3. The van der Waals surface area contributed by atoms with Crippen LogP contribution in [0.4, 0.5) is 8.78 Å². The maximum absolute atomic E-state index is 13.8. The Labute approximate surface area is 268 Å². The number of aryl methyl sites for hydroxylation is 1. The fraction of sp³-hybridized carbons (Fsp3) is 0.676. The predicted molar refractivity (Wildman–Crippen MR) is 175 cm³/mol. The Balaban J connectivity index is 1.13. The van der Waals surface area contributed by atoms with Crippen LogP contribution >= 0.6 is 0 Å². The maximum Gasteiger partial charge on any atom is 0.248 e. The van der Waals surface area contributed by atoms with Crippen molar-refractivity contribution in [1.82, 2.24) is 20.1 Å². The molecule has 0 radical (unpaired) electrons. The first-order valence-corrected chi connectivity index (χ1v) is 17.7. The Kier molecular flexibility index (Phi) is 11.0. The molecule has 5 atom stereocenters. The first-order chi connectivity index (χ1) is 21.9. The first kappa shape index (κ1) is 32.7. The molecule has 2 aromatic rings. The van der Waals surface area contributed by atoms with E-state index >= 15 is 0 Å². The monoisotopic (exact) mass is 621 g/mol. The van der Waals surface area contributed by atoms with Crippen LogP contribution in [-0.4, -0.2) is 77.3 Å². The molecule has 45 heavy (non-hydrogen) atoms. The highest BCUT2D eigenvalue weighted by Gasteiger charge is 2.44. The summed E-state index contributed by atoms with van der Waals surface area (Å²) in [6.45, 7) is 4.74. The molecule has 6 nitrogen and oxygen atoms in total. The Morgan fingerprint density at radius 3 is 2.69 bits per heavy atom. The summed E-state index contributed by atoms with van der Waals surface area (Å²) in [6.07, 6.45) is 11.7. The molecule has 1 aromatic carbocycles. The molecule has 1 aromatic heterocycles. The molecule has 246 valence electrons. The summed E-state index contributed by atoms with van der Waals surface area (Å²) in [5.41, 5.74) is 9.77. The van der Waals surface area contributed by atoms with Crippen molar-refractivity contribution in [2.24, 2.45) is 11.7 Å². The van der Waals surface area contributed by atoms with Crippen molar-refractivity contribution in [3.05, 3.63) is 65.5 Å². The fourth-order valence-corrected chi connectivity index (χ4v) is 8.79. The number of ketones is 1. The van der Waals surface area contributed by atoms with Gasteiger partial charge in [-0.3, -0.25) is 19.6 Å². The van der Waals surface area contributed by atoms with Gasteiger partial charge in [0, 0.05) is 62.6 Å². The molecule has 3 N–H and O–H groups in total. The van der Waals surface area contributed by atoms with Gasteiger partial charge < -0.3 is 11.1 Å². The lowest BCUT2D eigenvalue weighted by Crippen LogP contribution is -2.61. The molecule has 4 aliphatic rings. The van der Waals surface area contributed by atoms with E-state index in [1.807, 2.05) is 12.3 Å². The van der Waals surface area contributed by atoms with E-state index in [0.717, 1.165) is 64.8 Å². The Morgan fingerprint density at radius 2 is 1.89 bits per heavy atom. The molecule has 0 spiro atoms. The molecule has 0 amide bonds. The van der Waals surface area contributed by atoms with Crippen LogP contribution in [0.1, 0.15) is 106 Å². The maximum atomic E-state index is 13.8. The molecule has 2 saturated heterocycles. The standard InChI is InChI=1S/C37H53F2N5O/c38-37(39)18-15-28(16-19-37)35(45)24-30(27-8-2-1-3-9-27)17-23-44-31-13-14-33(44)32(42-25-31)26-43(22-5-4-20-40)34-12-6-10-29-11-7-21-41-36(29)34/h1-3,7-9,11,21,28,30-34,42H,4-6,10,12-20,22-26,40H2/t30-,31-,32-,33+,34?/m0/s1. The highest BCUT2D eigenvalue weighted by atomic mass is 19.3. The third-order valence-corrected chi connectivity index (χ3v) is 11.3. The minimum Gasteiger partial charge on any atom is -0.330 e. The number of Topliss-reactive ketones (excluding diaryl/α,β-unsaturated/α-hetero) is 1. The van der Waals surface area contributed by atoms with Gasteiger partial charge in [-0.2, -0.15) is 0 Å². The third-order valence-electron chi connectivity index (χ3n) is 11.3. The Bertz CT molecular complexity index is 1230. The van der Waals surface area contributed by atoms with Crippen LogP contribution in [0.3, 0.4) is 0 Å². The second-order valence-corrected chi connectivity index (χ2v) is 14.2. The Morgan fingerprint density at radius 1 is 1.07 bits per heavy atom. The second kappa shape index (κ2) is 15.1. The number of halogens is 2. The van der Waals surface area contributed by atoms with Crippen LogP contribution in [0, 0.1) is 5.92 Å². The predicted octanol–water partition coefficient (Wildman–Crippen LogP) is 6.26. The summed E-state index contributed by atoms with van der Waals surface area (Å²) in [5.74, 6) is -2.54. The van der Waals surface area contributed by atoms with Crippen molar-refractivity contribution in [2.75, 3.05) is 32.7 Å². The highest BCUT2D eigenvalue weighted by Crippen LogP contribution is 2.39. The van der Waals surface area contributed by atoms with Crippen LogP contribution in [-0.2, 0) is 11.2 Å². The summed E-state index contributed by atoms with van der Waals surface area (Å²) in [7, 11) is 0. The lowest BCUT2D eigenvalue weighted by Gasteiger charge is -2.45. The van der Waals surface area contributed by atoms with E-state index in [1.54, 1.807) is 0 Å². The minimum absolute atomic E-state index is 0.117. The number of hydrogen-bond acceptors (Lipinski definition) is 6. The number of benzene rings is 1. The molecular formula is C37H53F2N5O. The van der Waals surface area contributed by atoms with Gasteiger partial charge in [0.25, 0.3) is 0 Å². The van der Waals surface area contributed by atoms with Crippen molar-refractivity contribution in [3.63, 3.8) is 0 Å². The first-order valence-electron chi connectivity index (χ1n) is 17.7. The van der Waals surface area contributed by atoms with Crippen molar-refractivity contribution in [2.45, 2.75) is 119 Å². The molecular weight excluding hydrogens is 568 g/mol. The number of alkyl halides is 2. The number of nitrogens with two attached hydrogens (primary N) is 1. The average molecular weight is 622 g/mol. The largest absolute Gasteiger partial charge is 0.330 e. The van der Waals surface area contributed by atoms with E-state index in [0.29, 0.717) is 43.4 Å². The van der Waals surface area contributed by atoms with Crippen LogP contribution < -0.4 is 11.1 Å². The topological polar surface area (TPSA) is 74.5 Å². The number of carbonyl (C=O) groups is 1. The van der Waals surface area contributed by atoms with Gasteiger partial charge in [-0.05, 0) is 107 Å². The summed E-state index contributed by atoms with van der Waals surface area (Å²) >= 11 is 0. The zero-order chi connectivity index (χ0) is 31.2. The number of aromatic nitrogens is 1.